The highest BCUT2D eigenvalue weighted by atomic mass is 79.9. The van der Waals surface area contributed by atoms with Crippen LogP contribution in [0.2, 0.25) is 18.1 Å². The quantitative estimate of drug-likeness (QED) is 0.271. The van der Waals surface area contributed by atoms with Crippen molar-refractivity contribution in [3.63, 3.8) is 0 Å². The smallest absolute Gasteiger partial charge is 0.408 e. The summed E-state index contributed by atoms with van der Waals surface area (Å²) in [4.78, 5) is 36.0. The van der Waals surface area contributed by atoms with Crippen LogP contribution in [-0.2, 0) is 9.16 Å². The first-order chi connectivity index (χ1) is 18.4. The van der Waals surface area contributed by atoms with Gasteiger partial charge in [0.15, 0.2) is 19.8 Å². The minimum Gasteiger partial charge on any atom is -0.444 e. The first-order valence-electron chi connectivity index (χ1n) is 13.2. The Hall–Kier alpha value is -2.77. The number of hydrogen-bond acceptors (Lipinski definition) is 8. The lowest BCUT2D eigenvalue weighted by Gasteiger charge is -2.46. The SMILES string of the molecule is CC(C)(C)OC(=O)N[C@H]1CN(c2ccncc2NC(=O)c2nc(Br)c(F)cc2N)CC[C@@H]1O[Si](C)(C)C(C)(C)C. The van der Waals surface area contributed by atoms with Gasteiger partial charge in [-0.2, -0.15) is 0 Å². The average Bonchev–Trinajstić information content (AvgIpc) is 2.80. The Balaban J connectivity index is 1.87. The van der Waals surface area contributed by atoms with Gasteiger partial charge in [0.25, 0.3) is 5.91 Å². The highest BCUT2D eigenvalue weighted by Gasteiger charge is 2.43. The standard InChI is InChI=1S/C27H40BrFN6O4Si/c1-26(2,3)38-25(37)33-19-15-35(12-10-21(19)39-40(7,8)27(4,5)6)20-9-11-31-14-18(20)32-24(36)22-17(30)13-16(29)23(28)34-22/h9,11,13-14,19,21H,10,12,15,30H2,1-8H3,(H,32,36)(H,33,37)/t19-,21-/m0/s1. The summed E-state index contributed by atoms with van der Waals surface area (Å²) in [5, 5.41) is 5.83. The second-order valence-electron chi connectivity index (χ2n) is 12.4. The van der Waals surface area contributed by atoms with Gasteiger partial charge in [0, 0.05) is 25.4 Å². The molecule has 2 atom stereocenters. The molecule has 2 aromatic heterocycles. The molecule has 1 saturated heterocycles. The maximum Gasteiger partial charge on any atom is 0.408 e. The molecule has 1 fully saturated rings. The van der Waals surface area contributed by atoms with Gasteiger partial charge in [-0.3, -0.25) is 9.78 Å². The van der Waals surface area contributed by atoms with E-state index >= 15 is 0 Å². The molecule has 1 aliphatic rings. The molecule has 0 saturated carbocycles. The molecule has 10 nitrogen and oxygen atoms in total. The molecule has 2 aromatic rings. The molecule has 0 radical (unpaired) electrons. The Kier molecular flexibility index (Phi) is 9.52. The van der Waals surface area contributed by atoms with Crippen LogP contribution in [0.5, 0.6) is 0 Å². The topological polar surface area (TPSA) is 132 Å². The molecule has 0 bridgehead atoms. The van der Waals surface area contributed by atoms with E-state index in [1.54, 1.807) is 12.3 Å². The highest BCUT2D eigenvalue weighted by Crippen LogP contribution is 2.39. The monoisotopic (exact) mass is 638 g/mol. The molecule has 2 amide bonds. The molecule has 1 aliphatic heterocycles. The zero-order valence-corrected chi connectivity index (χ0v) is 27.0. The summed E-state index contributed by atoms with van der Waals surface area (Å²) in [5.41, 5.74) is 6.12. The third-order valence-corrected chi connectivity index (χ3v) is 12.1. The van der Waals surface area contributed by atoms with Gasteiger partial charge >= 0.3 is 6.09 Å². The Morgan fingerprint density at radius 2 is 1.90 bits per heavy atom. The average molecular weight is 640 g/mol. The number of piperidine rings is 1. The van der Waals surface area contributed by atoms with Crippen LogP contribution in [0.3, 0.4) is 0 Å². The van der Waals surface area contributed by atoms with E-state index in [4.69, 9.17) is 14.9 Å². The zero-order valence-electron chi connectivity index (χ0n) is 24.4. The molecule has 0 aromatic carbocycles. The van der Waals surface area contributed by atoms with Gasteiger partial charge in [-0.1, -0.05) is 20.8 Å². The van der Waals surface area contributed by atoms with Gasteiger partial charge in [0.2, 0.25) is 0 Å². The van der Waals surface area contributed by atoms with Crippen LogP contribution in [0.25, 0.3) is 0 Å². The van der Waals surface area contributed by atoms with E-state index in [2.05, 4.69) is 75.3 Å². The Morgan fingerprint density at radius 3 is 2.52 bits per heavy atom. The molecule has 3 rings (SSSR count). The number of carbonyl (C=O) groups is 2. The maximum atomic E-state index is 13.8. The minimum atomic E-state index is -2.14. The van der Waals surface area contributed by atoms with E-state index in [1.165, 1.54) is 6.20 Å². The molecule has 0 aliphatic carbocycles. The predicted molar refractivity (Wildman–Crippen MR) is 161 cm³/mol. The number of pyridine rings is 2. The van der Waals surface area contributed by atoms with Gasteiger partial charge in [0.1, 0.15) is 10.2 Å². The largest absolute Gasteiger partial charge is 0.444 e. The number of aromatic nitrogens is 2. The second kappa shape index (κ2) is 12.0. The van der Waals surface area contributed by atoms with Crippen LogP contribution in [0.15, 0.2) is 29.1 Å². The van der Waals surface area contributed by atoms with Crippen molar-refractivity contribution in [2.75, 3.05) is 29.0 Å². The Morgan fingerprint density at radius 1 is 1.23 bits per heavy atom. The van der Waals surface area contributed by atoms with Gasteiger partial charge in [-0.05, 0) is 67.3 Å². The number of nitrogens with two attached hydrogens (primary N) is 1. The number of hydrogen-bond donors (Lipinski definition) is 3. The van der Waals surface area contributed by atoms with E-state index in [1.807, 2.05) is 20.8 Å². The lowest BCUT2D eigenvalue weighted by atomic mass is 10.0. The van der Waals surface area contributed by atoms with Crippen molar-refractivity contribution in [1.82, 2.24) is 15.3 Å². The van der Waals surface area contributed by atoms with Crippen LogP contribution in [0, 0.1) is 5.82 Å². The molecular weight excluding hydrogens is 599 g/mol. The van der Waals surface area contributed by atoms with Crippen LogP contribution in [0.1, 0.15) is 58.5 Å². The molecule has 0 unspecified atom stereocenters. The molecule has 220 valence electrons. The molecule has 13 heteroatoms. The number of nitrogen functional groups attached to an aromatic ring is 1. The minimum absolute atomic E-state index is 0.00557. The van der Waals surface area contributed by atoms with Crippen molar-refractivity contribution in [2.24, 2.45) is 0 Å². The summed E-state index contributed by atoms with van der Waals surface area (Å²) >= 11 is 3.00. The Labute approximate surface area is 244 Å². The Bertz CT molecular complexity index is 1250. The van der Waals surface area contributed by atoms with Crippen LogP contribution >= 0.6 is 15.9 Å². The van der Waals surface area contributed by atoms with Crippen molar-refractivity contribution in [3.05, 3.63) is 40.6 Å². The fourth-order valence-corrected chi connectivity index (χ4v) is 5.73. The normalized spacial score (nSPS) is 18.3. The van der Waals surface area contributed by atoms with Gasteiger partial charge in [-0.25, -0.2) is 14.2 Å². The van der Waals surface area contributed by atoms with E-state index in [0.717, 1.165) is 6.07 Å². The van der Waals surface area contributed by atoms with Crippen LogP contribution < -0.4 is 21.3 Å². The number of anilines is 3. The first-order valence-corrected chi connectivity index (χ1v) is 16.9. The van der Waals surface area contributed by atoms with Gasteiger partial charge in [-0.15, -0.1) is 0 Å². The van der Waals surface area contributed by atoms with Crippen LogP contribution in [-0.4, -0.2) is 61.1 Å². The van der Waals surface area contributed by atoms with Crippen molar-refractivity contribution >= 4 is 53.3 Å². The van der Waals surface area contributed by atoms with Gasteiger partial charge in [0.05, 0.1) is 35.4 Å². The molecule has 0 spiro atoms. The number of ether oxygens (including phenoxy) is 1. The number of alkyl carbamates (subject to hydrolysis) is 1. The van der Waals surface area contributed by atoms with E-state index in [-0.39, 0.29) is 33.2 Å². The lowest BCUT2D eigenvalue weighted by molar-refractivity contribution is 0.0414. The fourth-order valence-electron chi connectivity index (χ4n) is 4.05. The van der Waals surface area contributed by atoms with Crippen LogP contribution in [0.4, 0.5) is 26.2 Å². The third kappa shape index (κ3) is 7.91. The summed E-state index contributed by atoms with van der Waals surface area (Å²) in [6.07, 6.45) is 3.05. The van der Waals surface area contributed by atoms with Crippen molar-refractivity contribution < 1.29 is 23.1 Å². The number of amides is 2. The maximum absolute atomic E-state index is 13.8. The number of nitrogens with zero attached hydrogens (tertiary/aromatic N) is 3. The van der Waals surface area contributed by atoms with E-state index in [0.29, 0.717) is 30.9 Å². The first kappa shape index (κ1) is 31.8. The number of carbonyl (C=O) groups excluding carboxylic acids is 2. The number of rotatable bonds is 6. The second-order valence-corrected chi connectivity index (χ2v) is 18.0. The zero-order chi connectivity index (χ0) is 30.0. The van der Waals surface area contributed by atoms with Gasteiger partial charge < -0.3 is 30.4 Å². The molecule has 3 heterocycles. The summed E-state index contributed by atoms with van der Waals surface area (Å²) < 4.78 is 26.0. The lowest BCUT2D eigenvalue weighted by Crippen LogP contribution is -2.59. The molecular formula is C27H40BrFN6O4Si. The number of nitrogens with one attached hydrogen (secondary N) is 2. The number of halogens is 2. The third-order valence-electron chi connectivity index (χ3n) is 7.07. The highest BCUT2D eigenvalue weighted by molar-refractivity contribution is 9.10. The fraction of sp³-hybridized carbons (Fsp3) is 0.556. The van der Waals surface area contributed by atoms with E-state index in [9.17, 15) is 14.0 Å². The molecule has 4 N–H and O–H groups in total. The summed E-state index contributed by atoms with van der Waals surface area (Å²) in [6.45, 7) is 17.4. The summed E-state index contributed by atoms with van der Waals surface area (Å²) in [7, 11) is -2.14. The molecule has 40 heavy (non-hydrogen) atoms. The van der Waals surface area contributed by atoms with E-state index < -0.39 is 31.7 Å². The van der Waals surface area contributed by atoms with Crippen molar-refractivity contribution in [1.29, 1.82) is 0 Å². The van der Waals surface area contributed by atoms with Crippen molar-refractivity contribution in [2.45, 2.75) is 83.8 Å². The summed E-state index contributed by atoms with van der Waals surface area (Å²) in [5.74, 6) is -1.27. The summed E-state index contributed by atoms with van der Waals surface area (Å²) in [6, 6.07) is 2.45. The predicted octanol–water partition coefficient (Wildman–Crippen LogP) is 5.71. The van der Waals surface area contributed by atoms with Crippen molar-refractivity contribution in [3.8, 4) is 0 Å².